The predicted molar refractivity (Wildman–Crippen MR) is 141 cm³/mol. The smallest absolute Gasteiger partial charge is 0.311 e. The van der Waals surface area contributed by atoms with Crippen molar-refractivity contribution in [3.63, 3.8) is 0 Å². The average molecular weight is 519 g/mol. The summed E-state index contributed by atoms with van der Waals surface area (Å²) in [6.45, 7) is 7.54. The van der Waals surface area contributed by atoms with Crippen molar-refractivity contribution in [1.29, 1.82) is 0 Å². The fraction of sp³-hybridized carbons (Fsp3) is 0.750. The zero-order valence-corrected chi connectivity index (χ0v) is 22.8. The molecule has 0 saturated carbocycles. The summed E-state index contributed by atoms with van der Waals surface area (Å²) in [5.74, 6) is -1.70. The second-order valence-corrected chi connectivity index (χ2v) is 12.5. The number of carbonyl (C=O) groups is 3. The molecule has 36 heavy (non-hydrogen) atoms. The summed E-state index contributed by atoms with van der Waals surface area (Å²) in [5, 5.41) is 10.2. The minimum Gasteiger partial charge on any atom is -0.465 e. The monoisotopic (exact) mass is 518 g/mol. The lowest BCUT2D eigenvalue weighted by Gasteiger charge is -2.39. The van der Waals surface area contributed by atoms with Crippen LogP contribution in [0.3, 0.4) is 0 Å². The van der Waals surface area contributed by atoms with Gasteiger partial charge in [0.25, 0.3) is 0 Å². The Bertz CT molecular complexity index is 889. The highest BCUT2D eigenvalue weighted by molar-refractivity contribution is 8.02. The Morgan fingerprint density at radius 2 is 1.97 bits per heavy atom. The molecule has 0 bridgehead atoms. The molecule has 1 N–H and O–H groups in total. The number of thioether (sulfide) groups is 1. The first-order valence-corrected chi connectivity index (χ1v) is 14.6. The summed E-state index contributed by atoms with van der Waals surface area (Å²) in [7, 11) is 0. The van der Waals surface area contributed by atoms with Gasteiger partial charge in [0.2, 0.25) is 11.8 Å². The maximum absolute atomic E-state index is 14.3. The van der Waals surface area contributed by atoms with Gasteiger partial charge in [-0.25, -0.2) is 0 Å². The Labute approximate surface area is 219 Å². The van der Waals surface area contributed by atoms with Crippen LogP contribution in [0.2, 0.25) is 0 Å². The number of nitrogens with zero attached hydrogens (tertiary/aromatic N) is 2. The van der Waals surface area contributed by atoms with Gasteiger partial charge in [-0.15, -0.1) is 11.8 Å². The number of hydrogen-bond donors (Lipinski definition) is 1. The first-order chi connectivity index (χ1) is 17.4. The minimum absolute atomic E-state index is 0.0669. The maximum Gasteiger partial charge on any atom is 0.311 e. The second-order valence-electron chi connectivity index (χ2n) is 11.0. The van der Waals surface area contributed by atoms with E-state index in [0.29, 0.717) is 26.1 Å². The normalized spacial score (nSPS) is 34.2. The summed E-state index contributed by atoms with van der Waals surface area (Å²) in [6.07, 6.45) is 14.5. The van der Waals surface area contributed by atoms with Crippen molar-refractivity contribution in [3.05, 3.63) is 24.3 Å². The number of rotatable bonds is 8. The van der Waals surface area contributed by atoms with Crippen LogP contribution in [0.5, 0.6) is 0 Å². The van der Waals surface area contributed by atoms with Crippen LogP contribution in [0, 0.1) is 17.8 Å². The second kappa shape index (κ2) is 11.7. The van der Waals surface area contributed by atoms with Crippen LogP contribution in [0.15, 0.2) is 24.3 Å². The van der Waals surface area contributed by atoms with Crippen LogP contribution < -0.4 is 0 Å². The first-order valence-electron chi connectivity index (χ1n) is 13.8. The van der Waals surface area contributed by atoms with E-state index in [-0.39, 0.29) is 35.6 Å². The van der Waals surface area contributed by atoms with Gasteiger partial charge in [0.05, 0.1) is 35.8 Å². The van der Waals surface area contributed by atoms with Crippen LogP contribution in [0.25, 0.3) is 0 Å². The number of cyclic esters (lactones) is 1. The summed E-state index contributed by atoms with van der Waals surface area (Å²) in [4.78, 5) is 45.4. The third-order valence-electron chi connectivity index (χ3n) is 8.00. The van der Waals surface area contributed by atoms with Crippen molar-refractivity contribution < 1.29 is 24.2 Å². The molecule has 8 heteroatoms. The molecule has 4 heterocycles. The third-order valence-corrected chi connectivity index (χ3v) is 9.75. The molecule has 0 aromatic heterocycles. The highest BCUT2D eigenvalue weighted by Gasteiger charge is 2.71. The fourth-order valence-electron chi connectivity index (χ4n) is 6.37. The molecule has 0 radical (unpaired) electrons. The van der Waals surface area contributed by atoms with Gasteiger partial charge in [-0.05, 0) is 38.0 Å². The number of fused-ring (bicyclic) bond motifs is 2. The van der Waals surface area contributed by atoms with E-state index in [2.05, 4.69) is 32.9 Å². The number of allylic oxidation sites excluding steroid dienone is 1. The SMILES string of the molecule is CCCCCN1CC=C[C@]23S[C@@H]4/C=C\CCCCOC(=O)[C@@H]4[C@H]2C(=O)N([C@@H](CO)CC(C)C)C3C1=O. The number of amides is 2. The third kappa shape index (κ3) is 5.00. The van der Waals surface area contributed by atoms with E-state index in [1.165, 1.54) is 0 Å². The molecule has 4 rings (SSSR count). The van der Waals surface area contributed by atoms with E-state index in [4.69, 9.17) is 4.74 Å². The largest absolute Gasteiger partial charge is 0.465 e. The lowest BCUT2D eigenvalue weighted by atomic mass is 9.78. The number of carbonyl (C=O) groups excluding carboxylic acids is 3. The molecule has 1 spiro atoms. The molecular formula is C28H42N2O5S. The average Bonchev–Trinajstić information content (AvgIpc) is 3.24. The zero-order chi connectivity index (χ0) is 25.9. The number of aliphatic hydroxyl groups is 1. The molecule has 2 fully saturated rings. The fourth-order valence-corrected chi connectivity index (χ4v) is 8.36. The van der Waals surface area contributed by atoms with E-state index in [0.717, 1.165) is 38.5 Å². The molecule has 0 aromatic rings. The van der Waals surface area contributed by atoms with Crippen molar-refractivity contribution in [2.45, 2.75) is 87.8 Å². The number of hydrogen-bond acceptors (Lipinski definition) is 6. The van der Waals surface area contributed by atoms with Crippen LogP contribution in [-0.4, -0.2) is 81.1 Å². The van der Waals surface area contributed by atoms with Gasteiger partial charge < -0.3 is 19.6 Å². The summed E-state index contributed by atoms with van der Waals surface area (Å²) < 4.78 is 4.81. The molecule has 200 valence electrons. The van der Waals surface area contributed by atoms with E-state index in [9.17, 15) is 19.5 Å². The van der Waals surface area contributed by atoms with Crippen molar-refractivity contribution in [2.24, 2.45) is 17.8 Å². The number of unbranched alkanes of at least 4 members (excludes halogenated alkanes) is 2. The topological polar surface area (TPSA) is 87.2 Å². The van der Waals surface area contributed by atoms with Crippen molar-refractivity contribution in [1.82, 2.24) is 9.80 Å². The Kier molecular flexibility index (Phi) is 8.87. The molecule has 2 amide bonds. The maximum atomic E-state index is 14.3. The lowest BCUT2D eigenvalue weighted by Crippen LogP contribution is -2.56. The molecule has 2 saturated heterocycles. The Morgan fingerprint density at radius 3 is 2.69 bits per heavy atom. The quantitative estimate of drug-likeness (QED) is 0.300. The number of ether oxygens (including phenoxy) is 1. The lowest BCUT2D eigenvalue weighted by molar-refractivity contribution is -0.154. The summed E-state index contributed by atoms with van der Waals surface area (Å²) >= 11 is 1.57. The van der Waals surface area contributed by atoms with Crippen molar-refractivity contribution in [3.8, 4) is 0 Å². The molecule has 4 aliphatic heterocycles. The highest BCUT2D eigenvalue weighted by atomic mass is 32.2. The van der Waals surface area contributed by atoms with E-state index in [1.807, 2.05) is 17.1 Å². The molecule has 7 nitrogen and oxygen atoms in total. The molecule has 4 aliphatic rings. The Balaban J connectivity index is 1.79. The molecule has 6 atom stereocenters. The molecule has 0 aromatic carbocycles. The minimum atomic E-state index is -0.856. The van der Waals surface area contributed by atoms with Crippen molar-refractivity contribution in [2.75, 3.05) is 26.3 Å². The standard InChI is InChI=1S/C28H42N2O5S/c1-4-5-9-14-29-15-11-13-28-23(22-21(36-28)12-8-6-7-10-16-35-27(22)34)25(32)30(24(28)26(29)33)20(18-31)17-19(2)3/h8,11-13,19-24,31H,4-7,9-10,14-18H2,1-3H3/b12-8-/t20-,21-,22+,23+,24?,28+/m1/s1. The Hall–Kier alpha value is -1.80. The van der Waals surface area contributed by atoms with Gasteiger partial charge in [0.1, 0.15) is 6.04 Å². The van der Waals surface area contributed by atoms with Gasteiger partial charge in [-0.1, -0.05) is 57.9 Å². The first kappa shape index (κ1) is 27.2. The molecule has 0 aliphatic carbocycles. The van der Waals surface area contributed by atoms with Gasteiger partial charge in [-0.3, -0.25) is 14.4 Å². The van der Waals surface area contributed by atoms with E-state index >= 15 is 0 Å². The van der Waals surface area contributed by atoms with Crippen LogP contribution in [0.1, 0.15) is 65.7 Å². The summed E-state index contributed by atoms with van der Waals surface area (Å²) in [5.41, 5.74) is 0. The van der Waals surface area contributed by atoms with Crippen LogP contribution in [-0.2, 0) is 19.1 Å². The van der Waals surface area contributed by atoms with E-state index in [1.54, 1.807) is 16.7 Å². The van der Waals surface area contributed by atoms with E-state index < -0.39 is 28.7 Å². The highest BCUT2D eigenvalue weighted by Crippen LogP contribution is 2.61. The zero-order valence-electron chi connectivity index (χ0n) is 21.9. The van der Waals surface area contributed by atoms with Crippen LogP contribution >= 0.6 is 11.8 Å². The van der Waals surface area contributed by atoms with Gasteiger partial charge >= 0.3 is 5.97 Å². The number of esters is 1. The van der Waals surface area contributed by atoms with Gasteiger partial charge in [0, 0.05) is 18.3 Å². The Morgan fingerprint density at radius 1 is 1.17 bits per heavy atom. The van der Waals surface area contributed by atoms with Gasteiger partial charge in [-0.2, -0.15) is 0 Å². The van der Waals surface area contributed by atoms with Crippen molar-refractivity contribution >= 4 is 29.5 Å². The predicted octanol–water partition coefficient (Wildman–Crippen LogP) is 3.56. The number of aliphatic hydroxyl groups excluding tert-OH is 1. The number of likely N-dealkylation sites (tertiary alicyclic amines) is 1. The van der Waals surface area contributed by atoms with Crippen LogP contribution in [0.4, 0.5) is 0 Å². The summed E-state index contributed by atoms with van der Waals surface area (Å²) in [6, 6.07) is -1.21. The van der Waals surface area contributed by atoms with Gasteiger partial charge in [0.15, 0.2) is 0 Å². The molecule has 1 unspecified atom stereocenters. The molecular weight excluding hydrogens is 476 g/mol.